The molecule has 3 rings (SSSR count). The van der Waals surface area contributed by atoms with E-state index in [1.165, 1.54) is 30.2 Å². The van der Waals surface area contributed by atoms with Gasteiger partial charge in [-0.15, -0.1) is 0 Å². The van der Waals surface area contributed by atoms with Crippen LogP contribution in [-0.2, 0) is 14.3 Å². The highest BCUT2D eigenvalue weighted by atomic mass is 16.6. The van der Waals surface area contributed by atoms with Crippen molar-refractivity contribution in [2.45, 2.75) is 13.0 Å². The van der Waals surface area contributed by atoms with Crippen LogP contribution in [0.2, 0.25) is 0 Å². The van der Waals surface area contributed by atoms with E-state index in [4.69, 9.17) is 4.74 Å². The second-order valence-electron chi connectivity index (χ2n) is 6.70. The van der Waals surface area contributed by atoms with Crippen molar-refractivity contribution in [3.8, 4) is 0 Å². The highest BCUT2D eigenvalue weighted by Gasteiger charge is 2.46. The number of carbonyl (C=O) groups excluding carboxylic acids is 2. The summed E-state index contributed by atoms with van der Waals surface area (Å²) in [7, 11) is 1.46. The largest absolute Gasteiger partial charge is 0.507 e. The second kappa shape index (κ2) is 8.24. The second-order valence-corrected chi connectivity index (χ2v) is 6.70. The molecule has 1 aliphatic rings. The fourth-order valence-electron chi connectivity index (χ4n) is 3.32. The number of ketones is 1. The number of hydrogen-bond donors (Lipinski definition) is 1. The Bertz CT molecular complexity index is 996. The number of nitro benzene ring substituents is 1. The van der Waals surface area contributed by atoms with Crippen molar-refractivity contribution in [3.05, 3.63) is 80.9 Å². The van der Waals surface area contributed by atoms with Crippen LogP contribution in [0.1, 0.15) is 22.7 Å². The highest BCUT2D eigenvalue weighted by molar-refractivity contribution is 6.46. The molecule has 1 fully saturated rings. The zero-order chi connectivity index (χ0) is 21.1. The standard InChI is InChI=1S/C21H20N2O6/c1-13-6-8-14(9-7-13)19(24)17-18(15-4-3-5-16(12-15)23(27)28)22(10-11-29-2)21(26)20(17)25/h3-9,12,18,24H,10-11H2,1-2H3. The third-order valence-corrected chi connectivity index (χ3v) is 4.80. The van der Waals surface area contributed by atoms with Crippen molar-refractivity contribution in [1.29, 1.82) is 0 Å². The van der Waals surface area contributed by atoms with Crippen LogP contribution < -0.4 is 0 Å². The van der Waals surface area contributed by atoms with Crippen LogP contribution in [0, 0.1) is 17.0 Å². The van der Waals surface area contributed by atoms with E-state index in [-0.39, 0.29) is 30.2 Å². The summed E-state index contributed by atoms with van der Waals surface area (Å²) in [4.78, 5) is 37.3. The lowest BCUT2D eigenvalue weighted by molar-refractivity contribution is -0.384. The van der Waals surface area contributed by atoms with Crippen LogP contribution in [0.25, 0.3) is 5.76 Å². The lowest BCUT2D eigenvalue weighted by Crippen LogP contribution is -2.32. The molecular formula is C21H20N2O6. The third kappa shape index (κ3) is 3.88. The van der Waals surface area contributed by atoms with Crippen molar-refractivity contribution in [1.82, 2.24) is 4.90 Å². The molecule has 0 saturated carbocycles. The summed E-state index contributed by atoms with van der Waals surface area (Å²) in [5.74, 6) is -1.94. The fourth-order valence-corrected chi connectivity index (χ4v) is 3.32. The molecule has 0 radical (unpaired) electrons. The maximum atomic E-state index is 12.8. The van der Waals surface area contributed by atoms with Gasteiger partial charge in [-0.3, -0.25) is 19.7 Å². The van der Waals surface area contributed by atoms with Gasteiger partial charge < -0.3 is 14.7 Å². The quantitative estimate of drug-likeness (QED) is 0.264. The minimum atomic E-state index is -0.952. The van der Waals surface area contributed by atoms with Gasteiger partial charge in [0, 0.05) is 31.4 Å². The van der Waals surface area contributed by atoms with Gasteiger partial charge in [0.1, 0.15) is 5.76 Å². The van der Waals surface area contributed by atoms with Gasteiger partial charge in [-0.1, -0.05) is 42.0 Å². The Morgan fingerprint density at radius 3 is 2.52 bits per heavy atom. The lowest BCUT2D eigenvalue weighted by atomic mass is 9.95. The van der Waals surface area contributed by atoms with Crippen LogP contribution in [0.4, 0.5) is 5.69 Å². The number of Topliss-reactive ketones (excluding diaryl/α,β-unsaturated/α-hetero) is 1. The number of hydrogen-bond acceptors (Lipinski definition) is 6. The summed E-state index contributed by atoms with van der Waals surface area (Å²) in [6, 6.07) is 11.6. The SMILES string of the molecule is COCCN1C(=O)C(=O)C(=C(O)c2ccc(C)cc2)C1c1cccc([N+](=O)[O-])c1. The number of non-ortho nitro benzene ring substituents is 1. The van der Waals surface area contributed by atoms with Crippen molar-refractivity contribution < 1.29 is 24.4 Å². The average molecular weight is 396 g/mol. The molecular weight excluding hydrogens is 376 g/mol. The maximum Gasteiger partial charge on any atom is 0.295 e. The van der Waals surface area contributed by atoms with Gasteiger partial charge in [-0.25, -0.2) is 0 Å². The van der Waals surface area contributed by atoms with Gasteiger partial charge in [-0.2, -0.15) is 0 Å². The summed E-state index contributed by atoms with van der Waals surface area (Å²) in [5, 5.41) is 22.1. The topological polar surface area (TPSA) is 110 Å². The molecule has 1 N–H and O–H groups in total. The number of benzene rings is 2. The monoisotopic (exact) mass is 396 g/mol. The number of methoxy groups -OCH3 is 1. The Kier molecular flexibility index (Phi) is 5.74. The Morgan fingerprint density at radius 2 is 1.90 bits per heavy atom. The van der Waals surface area contributed by atoms with Gasteiger partial charge in [0.05, 0.1) is 23.1 Å². The summed E-state index contributed by atoms with van der Waals surface area (Å²) < 4.78 is 5.04. The molecule has 1 heterocycles. The van der Waals surface area contributed by atoms with Crippen molar-refractivity contribution in [3.63, 3.8) is 0 Å². The predicted molar refractivity (Wildman–Crippen MR) is 105 cm³/mol. The smallest absolute Gasteiger partial charge is 0.295 e. The van der Waals surface area contributed by atoms with Gasteiger partial charge in [0.2, 0.25) is 0 Å². The van der Waals surface area contributed by atoms with E-state index in [9.17, 15) is 24.8 Å². The Morgan fingerprint density at radius 1 is 1.21 bits per heavy atom. The Labute approximate surface area is 167 Å². The van der Waals surface area contributed by atoms with Crippen molar-refractivity contribution >= 4 is 23.1 Å². The molecule has 150 valence electrons. The highest BCUT2D eigenvalue weighted by Crippen LogP contribution is 2.40. The van der Waals surface area contributed by atoms with E-state index < -0.39 is 22.7 Å². The molecule has 8 heteroatoms. The molecule has 29 heavy (non-hydrogen) atoms. The first-order valence-electron chi connectivity index (χ1n) is 8.94. The molecule has 1 unspecified atom stereocenters. The van der Waals surface area contributed by atoms with Crippen molar-refractivity contribution in [2.75, 3.05) is 20.3 Å². The maximum absolute atomic E-state index is 12.8. The number of amides is 1. The molecule has 1 amide bonds. The summed E-state index contributed by atoms with van der Waals surface area (Å²) in [5.41, 5.74) is 1.45. The predicted octanol–water partition coefficient (Wildman–Crippen LogP) is 2.97. The van der Waals surface area contributed by atoms with Crippen LogP contribution in [0.15, 0.2) is 54.1 Å². The van der Waals surface area contributed by atoms with Gasteiger partial charge in [0.25, 0.3) is 17.4 Å². The van der Waals surface area contributed by atoms with Crippen LogP contribution in [0.3, 0.4) is 0 Å². The van der Waals surface area contributed by atoms with Gasteiger partial charge >= 0.3 is 0 Å². The first kappa shape index (κ1) is 20.2. The van der Waals surface area contributed by atoms with E-state index in [2.05, 4.69) is 0 Å². The molecule has 2 aromatic rings. The summed E-state index contributed by atoms with van der Waals surface area (Å²) in [6.45, 7) is 2.15. The molecule has 0 aliphatic carbocycles. The molecule has 2 aromatic carbocycles. The molecule has 1 saturated heterocycles. The van der Waals surface area contributed by atoms with Crippen LogP contribution in [0.5, 0.6) is 0 Å². The molecule has 8 nitrogen and oxygen atoms in total. The molecule has 1 atom stereocenters. The van der Waals surface area contributed by atoms with E-state index in [0.29, 0.717) is 11.1 Å². The fraction of sp³-hybridized carbons (Fsp3) is 0.238. The molecule has 0 spiro atoms. The number of rotatable bonds is 6. The minimum absolute atomic E-state index is 0.0963. The van der Waals surface area contributed by atoms with E-state index >= 15 is 0 Å². The normalized spacial score (nSPS) is 18.3. The summed E-state index contributed by atoms with van der Waals surface area (Å²) in [6.07, 6.45) is 0. The minimum Gasteiger partial charge on any atom is -0.507 e. The van der Waals surface area contributed by atoms with Gasteiger partial charge in [-0.05, 0) is 12.5 Å². The molecule has 0 bridgehead atoms. The summed E-state index contributed by atoms with van der Waals surface area (Å²) >= 11 is 0. The van der Waals surface area contributed by atoms with Crippen LogP contribution >= 0.6 is 0 Å². The Balaban J connectivity index is 2.18. The van der Waals surface area contributed by atoms with E-state index in [1.54, 1.807) is 30.3 Å². The number of nitro groups is 1. The third-order valence-electron chi connectivity index (χ3n) is 4.80. The number of nitrogens with zero attached hydrogens (tertiary/aromatic N) is 2. The Hall–Kier alpha value is -3.52. The van der Waals surface area contributed by atoms with Crippen molar-refractivity contribution in [2.24, 2.45) is 0 Å². The number of carbonyl (C=O) groups is 2. The molecule has 0 aromatic heterocycles. The zero-order valence-corrected chi connectivity index (χ0v) is 16.0. The molecule has 1 aliphatic heterocycles. The van der Waals surface area contributed by atoms with E-state index in [0.717, 1.165) is 5.56 Å². The zero-order valence-electron chi connectivity index (χ0n) is 16.0. The average Bonchev–Trinajstić information content (AvgIpc) is 2.97. The van der Waals surface area contributed by atoms with Crippen LogP contribution in [-0.4, -0.2) is 46.9 Å². The number of aryl methyl sites for hydroxylation is 1. The lowest BCUT2D eigenvalue weighted by Gasteiger charge is -2.24. The first-order valence-corrected chi connectivity index (χ1v) is 8.94. The van der Waals surface area contributed by atoms with Gasteiger partial charge in [0.15, 0.2) is 0 Å². The van der Waals surface area contributed by atoms with E-state index in [1.807, 2.05) is 6.92 Å². The number of likely N-dealkylation sites (tertiary alicyclic amines) is 1. The number of ether oxygens (including phenoxy) is 1. The first-order chi connectivity index (χ1) is 13.8. The number of aliphatic hydroxyl groups is 1. The number of aliphatic hydroxyl groups excluding tert-OH is 1.